The summed E-state index contributed by atoms with van der Waals surface area (Å²) >= 11 is 0. The Bertz CT molecular complexity index is 381. The Kier molecular flexibility index (Phi) is 3.20. The first kappa shape index (κ1) is 11.4. The Morgan fingerprint density at radius 3 is 2.60 bits per heavy atom. The largest absolute Gasteiger partial charge is 0.481 e. The molecule has 1 atom stereocenters. The van der Waals surface area contributed by atoms with Crippen LogP contribution in [0.15, 0.2) is 24.3 Å². The fraction of sp³-hybridized carbons (Fsp3) is 0.300. The van der Waals surface area contributed by atoms with Crippen LogP contribution in [0.5, 0.6) is 5.75 Å². The summed E-state index contributed by atoms with van der Waals surface area (Å²) < 4.78 is 41.0. The van der Waals surface area contributed by atoms with E-state index in [2.05, 4.69) is 4.74 Å². The van der Waals surface area contributed by atoms with Gasteiger partial charge in [-0.05, 0) is 25.1 Å². The second-order valence-corrected chi connectivity index (χ2v) is 2.94. The average Bonchev–Trinajstić information content (AvgIpc) is 2.16. The molecule has 0 aliphatic rings. The van der Waals surface area contributed by atoms with Crippen molar-refractivity contribution in [2.24, 2.45) is 0 Å². The molecule has 80 valence electrons. The molecule has 1 aromatic rings. The van der Waals surface area contributed by atoms with Gasteiger partial charge < -0.3 is 4.74 Å². The number of nitriles is 1. The topological polar surface area (TPSA) is 33.0 Å². The zero-order valence-electron chi connectivity index (χ0n) is 7.88. The van der Waals surface area contributed by atoms with E-state index in [1.807, 2.05) is 6.07 Å². The molecule has 0 aromatic heterocycles. The van der Waals surface area contributed by atoms with Gasteiger partial charge in [0, 0.05) is 0 Å². The maximum Gasteiger partial charge on any atom is 0.425 e. The zero-order chi connectivity index (χ0) is 11.5. The van der Waals surface area contributed by atoms with Crippen LogP contribution in [-0.2, 0) is 0 Å². The summed E-state index contributed by atoms with van der Waals surface area (Å²) in [5.74, 6) is 0.0406. The predicted octanol–water partition coefficient (Wildman–Crippen LogP) is 2.89. The number of hydrogen-bond acceptors (Lipinski definition) is 2. The zero-order valence-corrected chi connectivity index (χ0v) is 7.88. The van der Waals surface area contributed by atoms with Crippen molar-refractivity contribution in [2.45, 2.75) is 19.2 Å². The van der Waals surface area contributed by atoms with Gasteiger partial charge in [0.15, 0.2) is 6.10 Å². The summed E-state index contributed by atoms with van der Waals surface area (Å²) in [5, 5.41) is 8.53. The van der Waals surface area contributed by atoms with E-state index in [1.165, 1.54) is 24.3 Å². The Labute approximate surface area is 84.9 Å². The molecular formula is C10H8F3NO. The third-order valence-electron chi connectivity index (χ3n) is 1.74. The van der Waals surface area contributed by atoms with E-state index < -0.39 is 12.3 Å². The van der Waals surface area contributed by atoms with E-state index in [0.717, 1.165) is 6.92 Å². The first-order valence-electron chi connectivity index (χ1n) is 4.17. The molecule has 1 unspecified atom stereocenters. The first-order chi connectivity index (χ1) is 6.93. The highest BCUT2D eigenvalue weighted by atomic mass is 19.4. The second-order valence-electron chi connectivity index (χ2n) is 2.94. The molecule has 0 N–H and O–H groups in total. The SMILES string of the molecule is CC(Oc1cccc(C#N)c1)C(F)(F)F. The van der Waals surface area contributed by atoms with E-state index >= 15 is 0 Å². The lowest BCUT2D eigenvalue weighted by Crippen LogP contribution is -2.31. The maximum absolute atomic E-state index is 12.1. The minimum Gasteiger partial charge on any atom is -0.481 e. The van der Waals surface area contributed by atoms with Crippen molar-refractivity contribution in [1.29, 1.82) is 5.26 Å². The summed E-state index contributed by atoms with van der Waals surface area (Å²) in [4.78, 5) is 0. The van der Waals surface area contributed by atoms with Crippen LogP contribution < -0.4 is 4.74 Å². The van der Waals surface area contributed by atoms with Crippen LogP contribution in [0.3, 0.4) is 0 Å². The van der Waals surface area contributed by atoms with Gasteiger partial charge in [-0.1, -0.05) is 6.07 Å². The second kappa shape index (κ2) is 4.22. The highest BCUT2D eigenvalue weighted by molar-refractivity contribution is 5.36. The molecule has 1 rings (SSSR count). The predicted molar refractivity (Wildman–Crippen MR) is 47.3 cm³/mol. The highest BCUT2D eigenvalue weighted by Crippen LogP contribution is 2.25. The van der Waals surface area contributed by atoms with Crippen molar-refractivity contribution in [3.05, 3.63) is 29.8 Å². The van der Waals surface area contributed by atoms with Gasteiger partial charge in [0.1, 0.15) is 5.75 Å². The summed E-state index contributed by atoms with van der Waals surface area (Å²) in [5.41, 5.74) is 0.266. The van der Waals surface area contributed by atoms with Gasteiger partial charge >= 0.3 is 6.18 Å². The van der Waals surface area contributed by atoms with Gasteiger partial charge in [-0.15, -0.1) is 0 Å². The van der Waals surface area contributed by atoms with Gasteiger partial charge in [-0.3, -0.25) is 0 Å². The molecule has 0 heterocycles. The maximum atomic E-state index is 12.1. The lowest BCUT2D eigenvalue weighted by molar-refractivity contribution is -0.189. The molecular weight excluding hydrogens is 207 g/mol. The molecule has 0 bridgehead atoms. The summed E-state index contributed by atoms with van der Waals surface area (Å²) in [7, 11) is 0. The average molecular weight is 215 g/mol. The van der Waals surface area contributed by atoms with E-state index in [0.29, 0.717) is 0 Å². The minimum atomic E-state index is -4.40. The van der Waals surface area contributed by atoms with Crippen LogP contribution in [0.4, 0.5) is 13.2 Å². The minimum absolute atomic E-state index is 0.0406. The van der Waals surface area contributed by atoms with Crippen LogP contribution in [0, 0.1) is 11.3 Å². The van der Waals surface area contributed by atoms with Crippen molar-refractivity contribution in [1.82, 2.24) is 0 Å². The van der Waals surface area contributed by atoms with Gasteiger partial charge in [0.2, 0.25) is 0 Å². The quantitative estimate of drug-likeness (QED) is 0.759. The monoisotopic (exact) mass is 215 g/mol. The van der Waals surface area contributed by atoms with Gasteiger partial charge in [-0.2, -0.15) is 18.4 Å². The molecule has 5 heteroatoms. The van der Waals surface area contributed by atoms with Crippen LogP contribution in [-0.4, -0.2) is 12.3 Å². The number of hydrogen-bond donors (Lipinski definition) is 0. The van der Waals surface area contributed by atoms with Crippen molar-refractivity contribution in [3.8, 4) is 11.8 Å². The number of rotatable bonds is 2. The van der Waals surface area contributed by atoms with Gasteiger partial charge in [0.05, 0.1) is 11.6 Å². The molecule has 0 saturated carbocycles. The van der Waals surface area contributed by atoms with E-state index in [9.17, 15) is 13.2 Å². The Balaban J connectivity index is 2.78. The number of halogens is 3. The van der Waals surface area contributed by atoms with Crippen molar-refractivity contribution < 1.29 is 17.9 Å². The van der Waals surface area contributed by atoms with Gasteiger partial charge in [-0.25, -0.2) is 0 Å². The summed E-state index contributed by atoms with van der Waals surface area (Å²) in [6.45, 7) is 0.916. The molecule has 0 aliphatic carbocycles. The molecule has 0 aliphatic heterocycles. The summed E-state index contributed by atoms with van der Waals surface area (Å²) in [6, 6.07) is 7.42. The third-order valence-corrected chi connectivity index (χ3v) is 1.74. The Morgan fingerprint density at radius 1 is 1.40 bits per heavy atom. The fourth-order valence-corrected chi connectivity index (χ4v) is 0.910. The molecule has 0 spiro atoms. The van der Waals surface area contributed by atoms with Crippen LogP contribution >= 0.6 is 0 Å². The van der Waals surface area contributed by atoms with Crippen molar-refractivity contribution >= 4 is 0 Å². The molecule has 0 saturated heterocycles. The number of nitrogens with zero attached hydrogens (tertiary/aromatic N) is 1. The molecule has 0 radical (unpaired) electrons. The lowest BCUT2D eigenvalue weighted by atomic mass is 10.2. The molecule has 0 fully saturated rings. The van der Waals surface area contributed by atoms with Crippen LogP contribution in [0.1, 0.15) is 12.5 Å². The molecule has 15 heavy (non-hydrogen) atoms. The van der Waals surface area contributed by atoms with E-state index in [4.69, 9.17) is 5.26 Å². The molecule has 2 nitrogen and oxygen atoms in total. The van der Waals surface area contributed by atoms with Crippen molar-refractivity contribution in [3.63, 3.8) is 0 Å². The third kappa shape index (κ3) is 3.17. The molecule has 0 amide bonds. The van der Waals surface area contributed by atoms with Crippen LogP contribution in [0.2, 0.25) is 0 Å². The Morgan fingerprint density at radius 2 is 2.07 bits per heavy atom. The first-order valence-corrected chi connectivity index (χ1v) is 4.17. The normalized spacial score (nSPS) is 13.0. The number of ether oxygens (including phenoxy) is 1. The van der Waals surface area contributed by atoms with Gasteiger partial charge in [0.25, 0.3) is 0 Å². The standard InChI is InChI=1S/C10H8F3NO/c1-7(10(11,12)13)15-9-4-2-3-8(5-9)6-14/h2-5,7H,1H3. The van der Waals surface area contributed by atoms with E-state index in [-0.39, 0.29) is 11.3 Å². The smallest absolute Gasteiger partial charge is 0.425 e. The fourth-order valence-electron chi connectivity index (χ4n) is 0.910. The Hall–Kier alpha value is -1.70. The highest BCUT2D eigenvalue weighted by Gasteiger charge is 2.37. The lowest BCUT2D eigenvalue weighted by Gasteiger charge is -2.17. The van der Waals surface area contributed by atoms with Crippen LogP contribution in [0.25, 0.3) is 0 Å². The number of alkyl halides is 3. The summed E-state index contributed by atoms with van der Waals surface area (Å²) in [6.07, 6.45) is -6.28. The molecule has 1 aromatic carbocycles. The number of benzene rings is 1. The van der Waals surface area contributed by atoms with Crippen molar-refractivity contribution in [2.75, 3.05) is 0 Å². The van der Waals surface area contributed by atoms with E-state index in [1.54, 1.807) is 0 Å².